The van der Waals surface area contributed by atoms with Crippen LogP contribution in [0.15, 0.2) is 33.5 Å². The summed E-state index contributed by atoms with van der Waals surface area (Å²) >= 11 is 0. The summed E-state index contributed by atoms with van der Waals surface area (Å²) in [6.07, 6.45) is -1.63. The van der Waals surface area contributed by atoms with Crippen LogP contribution >= 0.6 is 0 Å². The Balaban J connectivity index is 1.54. The molecule has 0 fully saturated rings. The summed E-state index contributed by atoms with van der Waals surface area (Å²) in [7, 11) is 0. The van der Waals surface area contributed by atoms with Gasteiger partial charge in [0, 0.05) is 11.1 Å². The van der Waals surface area contributed by atoms with Crippen LogP contribution in [0.25, 0.3) is 11.4 Å². The van der Waals surface area contributed by atoms with E-state index in [0.717, 1.165) is 5.56 Å². The number of aromatic nitrogens is 3. The molecule has 0 bridgehead atoms. The number of carbonyl (C=O) groups is 1. The molecule has 1 aliphatic heterocycles. The van der Waals surface area contributed by atoms with E-state index in [0.29, 0.717) is 17.0 Å². The lowest BCUT2D eigenvalue weighted by molar-refractivity contribution is 0.0901. The molecule has 1 aromatic carbocycles. The average molecular weight is 362 g/mol. The van der Waals surface area contributed by atoms with Gasteiger partial charge >= 0.3 is 6.43 Å². The molecular weight excluding hydrogens is 350 g/mol. The van der Waals surface area contributed by atoms with E-state index in [2.05, 4.69) is 25.0 Å². The number of amides is 1. The Hall–Kier alpha value is -3.30. The number of alkyl halides is 2. The fourth-order valence-corrected chi connectivity index (χ4v) is 2.65. The summed E-state index contributed by atoms with van der Waals surface area (Å²) in [6, 6.07) is 4.60. The number of halogens is 2. The van der Waals surface area contributed by atoms with Crippen molar-refractivity contribution in [3.8, 4) is 17.1 Å². The van der Waals surface area contributed by atoms with Gasteiger partial charge in [-0.05, 0) is 13.0 Å². The van der Waals surface area contributed by atoms with Gasteiger partial charge in [-0.2, -0.15) is 13.8 Å². The Kier molecular flexibility index (Phi) is 3.86. The maximum absolute atomic E-state index is 12.6. The van der Waals surface area contributed by atoms with Crippen molar-refractivity contribution in [2.75, 3.05) is 6.61 Å². The Bertz CT molecular complexity index is 969. The van der Waals surface area contributed by atoms with Crippen molar-refractivity contribution < 1.29 is 27.3 Å². The number of hydrogen-bond donors (Lipinski definition) is 1. The zero-order chi connectivity index (χ0) is 18.3. The number of nitrogens with zero attached hydrogens (tertiary/aromatic N) is 3. The number of hydrogen-bond acceptors (Lipinski definition) is 7. The molecule has 2 aromatic heterocycles. The molecule has 1 aliphatic rings. The van der Waals surface area contributed by atoms with Crippen LogP contribution in [0.4, 0.5) is 8.78 Å². The highest BCUT2D eigenvalue weighted by atomic mass is 19.3. The molecule has 134 valence electrons. The van der Waals surface area contributed by atoms with Crippen LogP contribution in [0.3, 0.4) is 0 Å². The number of aryl methyl sites for hydroxylation is 1. The van der Waals surface area contributed by atoms with Gasteiger partial charge in [0.25, 0.3) is 11.8 Å². The van der Waals surface area contributed by atoms with Crippen LogP contribution in [-0.2, 0) is 0 Å². The van der Waals surface area contributed by atoms with Gasteiger partial charge in [-0.3, -0.25) is 4.79 Å². The Morgan fingerprint density at radius 3 is 2.92 bits per heavy atom. The number of ether oxygens (including phenoxy) is 1. The highest BCUT2D eigenvalue weighted by Crippen LogP contribution is 2.35. The molecule has 4 rings (SSSR count). The van der Waals surface area contributed by atoms with E-state index in [1.165, 1.54) is 6.39 Å². The second-order valence-corrected chi connectivity index (χ2v) is 5.61. The number of carbonyl (C=O) groups excluding carboxylic acids is 1. The topological polar surface area (TPSA) is 103 Å². The number of oxazole rings is 1. The second kappa shape index (κ2) is 6.21. The van der Waals surface area contributed by atoms with Gasteiger partial charge in [0.15, 0.2) is 6.39 Å². The highest BCUT2D eigenvalue weighted by molar-refractivity contribution is 5.92. The van der Waals surface area contributed by atoms with Gasteiger partial charge < -0.3 is 19.0 Å². The molecule has 3 aromatic rings. The van der Waals surface area contributed by atoms with Gasteiger partial charge in [0.2, 0.25) is 11.6 Å². The molecule has 1 N–H and O–H groups in total. The molecule has 1 atom stereocenters. The molecule has 0 aliphatic carbocycles. The lowest BCUT2D eigenvalue weighted by Gasteiger charge is -2.10. The molecule has 0 spiro atoms. The molecule has 1 amide bonds. The fourth-order valence-electron chi connectivity index (χ4n) is 2.65. The van der Waals surface area contributed by atoms with Crippen molar-refractivity contribution >= 4 is 5.91 Å². The van der Waals surface area contributed by atoms with Crippen LogP contribution in [0.1, 0.15) is 40.2 Å². The van der Waals surface area contributed by atoms with E-state index in [1.807, 2.05) is 0 Å². The predicted molar refractivity (Wildman–Crippen MR) is 81.6 cm³/mol. The third-order valence-corrected chi connectivity index (χ3v) is 3.94. The first-order valence-corrected chi connectivity index (χ1v) is 7.62. The minimum atomic E-state index is -2.83. The van der Waals surface area contributed by atoms with Gasteiger partial charge in [0.1, 0.15) is 12.4 Å². The Labute approximate surface area is 145 Å². The van der Waals surface area contributed by atoms with Crippen molar-refractivity contribution in [2.24, 2.45) is 0 Å². The van der Waals surface area contributed by atoms with Crippen molar-refractivity contribution in [1.29, 1.82) is 0 Å². The van der Waals surface area contributed by atoms with Crippen molar-refractivity contribution in [3.05, 3.63) is 47.5 Å². The Morgan fingerprint density at radius 1 is 1.38 bits per heavy atom. The van der Waals surface area contributed by atoms with Crippen molar-refractivity contribution in [3.63, 3.8) is 0 Å². The van der Waals surface area contributed by atoms with E-state index in [9.17, 15) is 13.6 Å². The minimum Gasteiger partial charge on any atom is -0.491 e. The first-order chi connectivity index (χ1) is 12.5. The van der Waals surface area contributed by atoms with E-state index in [4.69, 9.17) is 9.15 Å². The molecule has 0 saturated heterocycles. The number of rotatable bonds is 4. The van der Waals surface area contributed by atoms with Crippen LogP contribution in [-0.4, -0.2) is 27.6 Å². The Morgan fingerprint density at radius 2 is 2.23 bits per heavy atom. The lowest BCUT2D eigenvalue weighted by Crippen LogP contribution is -2.29. The van der Waals surface area contributed by atoms with Gasteiger partial charge in [-0.15, -0.1) is 0 Å². The molecule has 8 nitrogen and oxygen atoms in total. The van der Waals surface area contributed by atoms with E-state index >= 15 is 0 Å². The zero-order valence-electron chi connectivity index (χ0n) is 13.4. The number of nitrogens with one attached hydrogen (secondary N) is 1. The van der Waals surface area contributed by atoms with Gasteiger partial charge in [-0.25, -0.2) is 4.98 Å². The van der Waals surface area contributed by atoms with Crippen LogP contribution in [0.5, 0.6) is 5.75 Å². The third kappa shape index (κ3) is 2.79. The summed E-state index contributed by atoms with van der Waals surface area (Å²) in [4.78, 5) is 19.8. The molecule has 10 heteroatoms. The van der Waals surface area contributed by atoms with Gasteiger partial charge in [-0.1, -0.05) is 17.3 Å². The summed E-state index contributed by atoms with van der Waals surface area (Å²) < 4.78 is 40.3. The maximum atomic E-state index is 12.6. The molecule has 0 radical (unpaired) electrons. The van der Waals surface area contributed by atoms with Crippen LogP contribution in [0.2, 0.25) is 0 Å². The third-order valence-electron chi connectivity index (χ3n) is 3.94. The second-order valence-electron chi connectivity index (χ2n) is 5.61. The quantitative estimate of drug-likeness (QED) is 0.761. The van der Waals surface area contributed by atoms with Crippen molar-refractivity contribution in [1.82, 2.24) is 20.4 Å². The van der Waals surface area contributed by atoms with Crippen LogP contribution < -0.4 is 10.1 Å². The fraction of sp³-hybridized carbons (Fsp3) is 0.250. The molecular formula is C16H12F2N4O4. The molecule has 1 unspecified atom stereocenters. The lowest BCUT2D eigenvalue weighted by atomic mass is 10.1. The monoisotopic (exact) mass is 362 g/mol. The van der Waals surface area contributed by atoms with E-state index < -0.39 is 18.2 Å². The first kappa shape index (κ1) is 16.2. The van der Waals surface area contributed by atoms with E-state index in [-0.39, 0.29) is 24.2 Å². The predicted octanol–water partition coefficient (Wildman–Crippen LogP) is 2.83. The van der Waals surface area contributed by atoms with Crippen LogP contribution in [0, 0.1) is 6.92 Å². The molecule has 26 heavy (non-hydrogen) atoms. The summed E-state index contributed by atoms with van der Waals surface area (Å²) in [6.45, 7) is 1.90. The largest absolute Gasteiger partial charge is 0.491 e. The van der Waals surface area contributed by atoms with E-state index in [1.54, 1.807) is 25.1 Å². The number of benzene rings is 1. The highest BCUT2D eigenvalue weighted by Gasteiger charge is 2.28. The summed E-state index contributed by atoms with van der Waals surface area (Å²) in [5.41, 5.74) is 1.71. The summed E-state index contributed by atoms with van der Waals surface area (Å²) in [5, 5.41) is 6.34. The minimum absolute atomic E-state index is 0.0384. The molecule has 0 saturated carbocycles. The molecule has 3 heterocycles. The standard InChI is InChI=1S/C16H12F2N4O4/c1-7-12(25-6-19-7)15(23)20-10-5-24-11-4-8(2-3-9(10)11)14-21-16(13(17)18)26-22-14/h2-4,6,10,13H,5H2,1H3,(H,20,23). The summed E-state index contributed by atoms with van der Waals surface area (Å²) in [5.74, 6) is -0.456. The normalized spacial score (nSPS) is 15.8. The zero-order valence-corrected chi connectivity index (χ0v) is 13.4. The average Bonchev–Trinajstić information content (AvgIpc) is 3.34. The smallest absolute Gasteiger partial charge is 0.315 e. The van der Waals surface area contributed by atoms with Crippen molar-refractivity contribution in [2.45, 2.75) is 19.4 Å². The maximum Gasteiger partial charge on any atom is 0.315 e. The number of fused-ring (bicyclic) bond motifs is 1. The SMILES string of the molecule is Cc1ncoc1C(=O)NC1COc2cc(-c3noc(C(F)F)n3)ccc21. The van der Waals surface area contributed by atoms with Gasteiger partial charge in [0.05, 0.1) is 11.7 Å². The first-order valence-electron chi connectivity index (χ1n) is 7.62.